The Kier molecular flexibility index (Phi) is 4.70. The zero-order valence-corrected chi connectivity index (χ0v) is 12.4. The van der Waals surface area contributed by atoms with Gasteiger partial charge in [0.15, 0.2) is 5.82 Å². The summed E-state index contributed by atoms with van der Waals surface area (Å²) in [5.41, 5.74) is 6.15. The number of carbonyl (C=O) groups is 1. The molecule has 0 saturated carbocycles. The molecule has 2 heterocycles. The Balaban J connectivity index is 2.14. The minimum absolute atomic E-state index is 0.0741. The van der Waals surface area contributed by atoms with E-state index < -0.39 is 5.41 Å². The number of pyridine rings is 1. The maximum absolute atomic E-state index is 12.4. The molecule has 0 aliphatic carbocycles. The smallest absolute Gasteiger partial charge is 0.233 e. The number of carbonyl (C=O) groups excluding carboxylic acids is 1. The molecule has 0 unspecified atom stereocenters. The molecule has 2 aromatic rings. The monoisotopic (exact) mass is 287 g/mol. The zero-order chi connectivity index (χ0) is 15.3. The molecule has 0 fully saturated rings. The lowest BCUT2D eigenvalue weighted by Gasteiger charge is -2.27. The first-order valence-electron chi connectivity index (χ1n) is 7.13. The van der Waals surface area contributed by atoms with E-state index in [2.05, 4.69) is 15.4 Å². The average Bonchev–Trinajstić information content (AvgIpc) is 2.99. The SMILES string of the molecule is CCC(CC)(CN)C(=O)Nc1ccn(-c2ccncc2)n1. The number of nitrogens with zero attached hydrogens (tertiary/aromatic N) is 3. The van der Waals surface area contributed by atoms with E-state index in [4.69, 9.17) is 5.73 Å². The number of hydrogen-bond donors (Lipinski definition) is 2. The number of nitrogens with one attached hydrogen (secondary N) is 1. The zero-order valence-electron chi connectivity index (χ0n) is 12.4. The van der Waals surface area contributed by atoms with Crippen LogP contribution in [0.15, 0.2) is 36.8 Å². The first-order valence-corrected chi connectivity index (χ1v) is 7.13. The molecule has 6 heteroatoms. The first kappa shape index (κ1) is 15.2. The highest BCUT2D eigenvalue weighted by Gasteiger charge is 2.33. The Morgan fingerprint density at radius 2 is 1.95 bits per heavy atom. The van der Waals surface area contributed by atoms with Crippen LogP contribution in [0, 0.1) is 5.41 Å². The fraction of sp³-hybridized carbons (Fsp3) is 0.400. The van der Waals surface area contributed by atoms with E-state index in [1.54, 1.807) is 29.3 Å². The molecular weight excluding hydrogens is 266 g/mol. The van der Waals surface area contributed by atoms with Crippen LogP contribution < -0.4 is 11.1 Å². The number of hydrogen-bond acceptors (Lipinski definition) is 4. The third kappa shape index (κ3) is 3.11. The van der Waals surface area contributed by atoms with E-state index in [0.29, 0.717) is 25.2 Å². The largest absolute Gasteiger partial charge is 0.329 e. The highest BCUT2D eigenvalue weighted by molar-refractivity contribution is 5.94. The summed E-state index contributed by atoms with van der Waals surface area (Å²) in [6, 6.07) is 5.46. The molecule has 112 valence electrons. The van der Waals surface area contributed by atoms with Crippen molar-refractivity contribution in [1.82, 2.24) is 14.8 Å². The Bertz CT molecular complexity index is 581. The second kappa shape index (κ2) is 6.49. The standard InChI is InChI=1S/C15H21N5O/c1-3-15(4-2,11-16)14(21)18-13-7-10-20(19-13)12-5-8-17-9-6-12/h5-10H,3-4,11,16H2,1-2H3,(H,18,19,21). The number of amides is 1. The third-order valence-electron chi connectivity index (χ3n) is 3.98. The summed E-state index contributed by atoms with van der Waals surface area (Å²) < 4.78 is 1.69. The van der Waals surface area contributed by atoms with E-state index in [1.807, 2.05) is 26.0 Å². The summed E-state index contributed by atoms with van der Waals surface area (Å²) in [7, 11) is 0. The van der Waals surface area contributed by atoms with E-state index in [0.717, 1.165) is 5.69 Å². The predicted molar refractivity (Wildman–Crippen MR) is 82.1 cm³/mol. The van der Waals surface area contributed by atoms with Gasteiger partial charge in [-0.1, -0.05) is 13.8 Å². The quantitative estimate of drug-likeness (QED) is 0.850. The number of aromatic nitrogens is 3. The van der Waals surface area contributed by atoms with Crippen LogP contribution in [0.2, 0.25) is 0 Å². The van der Waals surface area contributed by atoms with Crippen molar-refractivity contribution in [2.24, 2.45) is 11.1 Å². The summed E-state index contributed by atoms with van der Waals surface area (Å²) >= 11 is 0. The van der Waals surface area contributed by atoms with Crippen molar-refractivity contribution in [3.05, 3.63) is 36.8 Å². The molecule has 2 aromatic heterocycles. The van der Waals surface area contributed by atoms with Gasteiger partial charge in [-0.25, -0.2) is 4.68 Å². The molecule has 0 spiro atoms. The molecule has 0 aliphatic rings. The van der Waals surface area contributed by atoms with Gasteiger partial charge in [0.2, 0.25) is 5.91 Å². The van der Waals surface area contributed by atoms with Crippen LogP contribution in [-0.4, -0.2) is 27.2 Å². The number of rotatable bonds is 6. The molecule has 0 aliphatic heterocycles. The Morgan fingerprint density at radius 1 is 1.29 bits per heavy atom. The molecule has 0 aromatic carbocycles. The highest BCUT2D eigenvalue weighted by atomic mass is 16.2. The van der Waals surface area contributed by atoms with Gasteiger partial charge in [-0.15, -0.1) is 0 Å². The third-order valence-corrected chi connectivity index (χ3v) is 3.98. The van der Waals surface area contributed by atoms with E-state index in [1.165, 1.54) is 0 Å². The van der Waals surface area contributed by atoms with Crippen molar-refractivity contribution in [1.29, 1.82) is 0 Å². The van der Waals surface area contributed by atoms with Crippen LogP contribution in [0.5, 0.6) is 0 Å². The van der Waals surface area contributed by atoms with Crippen LogP contribution >= 0.6 is 0 Å². The van der Waals surface area contributed by atoms with E-state index in [9.17, 15) is 4.79 Å². The maximum Gasteiger partial charge on any atom is 0.233 e. The van der Waals surface area contributed by atoms with Gasteiger partial charge in [-0.3, -0.25) is 9.78 Å². The van der Waals surface area contributed by atoms with Gasteiger partial charge in [0.1, 0.15) is 0 Å². The molecule has 0 atom stereocenters. The molecule has 0 bridgehead atoms. The summed E-state index contributed by atoms with van der Waals surface area (Å²) in [5, 5.41) is 7.21. The van der Waals surface area contributed by atoms with Gasteiger partial charge in [0.05, 0.1) is 11.1 Å². The van der Waals surface area contributed by atoms with Crippen LogP contribution in [-0.2, 0) is 4.79 Å². The van der Waals surface area contributed by atoms with Gasteiger partial charge in [-0.2, -0.15) is 5.10 Å². The first-order chi connectivity index (χ1) is 10.1. The van der Waals surface area contributed by atoms with Gasteiger partial charge < -0.3 is 11.1 Å². The normalized spacial score (nSPS) is 11.4. The molecule has 1 amide bonds. The Labute approximate surface area is 124 Å². The molecule has 0 radical (unpaired) electrons. The lowest BCUT2D eigenvalue weighted by molar-refractivity contribution is -0.125. The fourth-order valence-corrected chi connectivity index (χ4v) is 2.23. The molecular formula is C15H21N5O. The van der Waals surface area contributed by atoms with Crippen molar-refractivity contribution in [3.8, 4) is 5.69 Å². The van der Waals surface area contributed by atoms with Crippen molar-refractivity contribution in [2.75, 3.05) is 11.9 Å². The van der Waals surface area contributed by atoms with Crippen LogP contribution in [0.25, 0.3) is 5.69 Å². The second-order valence-corrected chi connectivity index (χ2v) is 5.00. The summed E-state index contributed by atoms with van der Waals surface area (Å²) in [6.07, 6.45) is 6.60. The van der Waals surface area contributed by atoms with Crippen molar-refractivity contribution in [2.45, 2.75) is 26.7 Å². The second-order valence-electron chi connectivity index (χ2n) is 5.00. The topological polar surface area (TPSA) is 85.8 Å². The summed E-state index contributed by atoms with van der Waals surface area (Å²) in [6.45, 7) is 4.29. The van der Waals surface area contributed by atoms with E-state index in [-0.39, 0.29) is 5.91 Å². The van der Waals surface area contributed by atoms with Crippen molar-refractivity contribution in [3.63, 3.8) is 0 Å². The van der Waals surface area contributed by atoms with Gasteiger partial charge in [-0.05, 0) is 25.0 Å². The minimum Gasteiger partial charge on any atom is -0.329 e. The number of nitrogens with two attached hydrogens (primary N) is 1. The van der Waals surface area contributed by atoms with Crippen molar-refractivity contribution >= 4 is 11.7 Å². The summed E-state index contributed by atoms with van der Waals surface area (Å²) in [5.74, 6) is 0.450. The predicted octanol–water partition coefficient (Wildman–Crippen LogP) is 1.97. The maximum atomic E-state index is 12.4. The molecule has 3 N–H and O–H groups in total. The fourth-order valence-electron chi connectivity index (χ4n) is 2.23. The highest BCUT2D eigenvalue weighted by Crippen LogP contribution is 2.26. The lowest BCUT2D eigenvalue weighted by Crippen LogP contribution is -2.41. The molecule has 2 rings (SSSR count). The Morgan fingerprint density at radius 3 is 2.52 bits per heavy atom. The van der Waals surface area contributed by atoms with Crippen LogP contribution in [0.1, 0.15) is 26.7 Å². The Hall–Kier alpha value is -2.21. The molecule has 6 nitrogen and oxygen atoms in total. The van der Waals surface area contributed by atoms with Gasteiger partial charge in [0, 0.05) is 31.2 Å². The van der Waals surface area contributed by atoms with Gasteiger partial charge >= 0.3 is 0 Å². The van der Waals surface area contributed by atoms with Crippen LogP contribution in [0.3, 0.4) is 0 Å². The minimum atomic E-state index is -0.527. The number of anilines is 1. The van der Waals surface area contributed by atoms with Crippen LogP contribution in [0.4, 0.5) is 5.82 Å². The lowest BCUT2D eigenvalue weighted by atomic mass is 9.81. The van der Waals surface area contributed by atoms with E-state index >= 15 is 0 Å². The molecule has 0 saturated heterocycles. The summed E-state index contributed by atoms with van der Waals surface area (Å²) in [4.78, 5) is 16.4. The van der Waals surface area contributed by atoms with Gasteiger partial charge in [0.25, 0.3) is 0 Å². The van der Waals surface area contributed by atoms with Crippen molar-refractivity contribution < 1.29 is 4.79 Å². The average molecular weight is 287 g/mol. The molecule has 21 heavy (non-hydrogen) atoms.